The molecule has 1 atom stereocenters. The first-order valence-corrected chi connectivity index (χ1v) is 7.33. The normalized spacial score (nSPS) is 17.4. The summed E-state index contributed by atoms with van der Waals surface area (Å²) >= 11 is 0. The number of hydrogen-bond acceptors (Lipinski definition) is 4. The minimum absolute atomic E-state index is 0.133. The molecule has 0 spiro atoms. The summed E-state index contributed by atoms with van der Waals surface area (Å²) in [6.45, 7) is 0. The molecule has 0 amide bonds. The number of carboxylic acids is 1. The first-order chi connectivity index (χ1) is 10.2. The Kier molecular flexibility index (Phi) is 3.99. The minimum atomic E-state index is -0.793. The van der Waals surface area contributed by atoms with Crippen LogP contribution < -0.4 is 0 Å². The number of carbonyl (C=O) groups is 1. The van der Waals surface area contributed by atoms with Crippen molar-refractivity contribution in [2.45, 2.75) is 44.4 Å². The van der Waals surface area contributed by atoms with E-state index >= 15 is 0 Å². The molecule has 0 bridgehead atoms. The van der Waals surface area contributed by atoms with Crippen molar-refractivity contribution in [3.05, 3.63) is 47.1 Å². The molecule has 1 aliphatic rings. The molecule has 0 radical (unpaired) electrons. The van der Waals surface area contributed by atoms with Crippen molar-refractivity contribution in [3.8, 4) is 0 Å². The fourth-order valence-corrected chi connectivity index (χ4v) is 2.84. The Balaban J connectivity index is 1.63. The molecule has 1 aromatic carbocycles. The van der Waals surface area contributed by atoms with Gasteiger partial charge in [-0.1, -0.05) is 29.4 Å². The van der Waals surface area contributed by atoms with E-state index in [-0.39, 0.29) is 6.42 Å². The van der Waals surface area contributed by atoms with Crippen LogP contribution in [-0.2, 0) is 24.1 Å². The van der Waals surface area contributed by atoms with E-state index in [1.807, 2.05) is 0 Å². The monoisotopic (exact) mass is 286 g/mol. The summed E-state index contributed by atoms with van der Waals surface area (Å²) in [5.41, 5.74) is 2.78. The number of aliphatic carboxylic acids is 1. The van der Waals surface area contributed by atoms with Crippen LogP contribution in [0, 0.1) is 0 Å². The van der Waals surface area contributed by atoms with E-state index in [9.17, 15) is 4.79 Å². The van der Waals surface area contributed by atoms with Crippen LogP contribution in [-0.4, -0.2) is 21.2 Å². The second-order valence-corrected chi connectivity index (χ2v) is 5.50. The van der Waals surface area contributed by atoms with Crippen molar-refractivity contribution < 1.29 is 14.4 Å². The summed E-state index contributed by atoms with van der Waals surface area (Å²) in [4.78, 5) is 14.9. The second-order valence-electron chi connectivity index (χ2n) is 5.50. The highest BCUT2D eigenvalue weighted by Crippen LogP contribution is 2.31. The van der Waals surface area contributed by atoms with Gasteiger partial charge in [-0.05, 0) is 36.8 Å². The number of fused-ring (bicyclic) bond motifs is 1. The summed E-state index contributed by atoms with van der Waals surface area (Å²) in [7, 11) is 0. The molecule has 2 aromatic rings. The average Bonchev–Trinajstić information content (AvgIpc) is 2.95. The molecule has 1 unspecified atom stereocenters. The zero-order valence-electron chi connectivity index (χ0n) is 11.8. The van der Waals surface area contributed by atoms with E-state index in [4.69, 9.17) is 9.63 Å². The molecule has 110 valence electrons. The van der Waals surface area contributed by atoms with Gasteiger partial charge in [0.1, 0.15) is 0 Å². The SMILES string of the molecule is O=C(O)CCCc1nc(C2CCc3ccccc3C2)no1. The van der Waals surface area contributed by atoms with E-state index in [1.54, 1.807) is 0 Å². The van der Waals surface area contributed by atoms with Crippen LogP contribution in [0.25, 0.3) is 0 Å². The van der Waals surface area contributed by atoms with Crippen molar-refractivity contribution in [3.63, 3.8) is 0 Å². The molecule has 5 nitrogen and oxygen atoms in total. The molecule has 1 aliphatic carbocycles. The van der Waals surface area contributed by atoms with E-state index in [0.29, 0.717) is 24.7 Å². The Morgan fingerprint density at radius 2 is 2.14 bits per heavy atom. The average molecular weight is 286 g/mol. The van der Waals surface area contributed by atoms with Gasteiger partial charge in [-0.3, -0.25) is 4.79 Å². The smallest absolute Gasteiger partial charge is 0.303 e. The van der Waals surface area contributed by atoms with Crippen molar-refractivity contribution in [1.82, 2.24) is 10.1 Å². The van der Waals surface area contributed by atoms with E-state index < -0.39 is 5.97 Å². The van der Waals surface area contributed by atoms with Gasteiger partial charge in [0.05, 0.1) is 0 Å². The van der Waals surface area contributed by atoms with Crippen molar-refractivity contribution >= 4 is 5.97 Å². The van der Waals surface area contributed by atoms with Crippen molar-refractivity contribution in [2.75, 3.05) is 0 Å². The number of carboxylic acid groups (broad SMARTS) is 1. The summed E-state index contributed by atoms with van der Waals surface area (Å²) in [5, 5.41) is 12.7. The minimum Gasteiger partial charge on any atom is -0.481 e. The van der Waals surface area contributed by atoms with Gasteiger partial charge in [-0.15, -0.1) is 0 Å². The summed E-state index contributed by atoms with van der Waals surface area (Å²) in [6, 6.07) is 8.48. The fraction of sp³-hybridized carbons (Fsp3) is 0.438. The van der Waals surface area contributed by atoms with Gasteiger partial charge in [0.25, 0.3) is 0 Å². The summed E-state index contributed by atoms with van der Waals surface area (Å²) in [6.07, 6.45) is 4.22. The standard InChI is InChI=1S/C16H18N2O3/c19-15(20)7-3-6-14-17-16(18-21-14)13-9-8-11-4-1-2-5-12(11)10-13/h1-2,4-5,13H,3,6-10H2,(H,19,20). The van der Waals surface area contributed by atoms with Crippen LogP contribution >= 0.6 is 0 Å². The number of aryl methyl sites for hydroxylation is 2. The van der Waals surface area contributed by atoms with E-state index in [0.717, 1.165) is 25.1 Å². The van der Waals surface area contributed by atoms with E-state index in [1.165, 1.54) is 11.1 Å². The molecule has 5 heteroatoms. The highest BCUT2D eigenvalue weighted by molar-refractivity contribution is 5.66. The van der Waals surface area contributed by atoms with Gasteiger partial charge in [0.2, 0.25) is 5.89 Å². The van der Waals surface area contributed by atoms with Crippen molar-refractivity contribution in [2.24, 2.45) is 0 Å². The molecule has 3 rings (SSSR count). The maximum Gasteiger partial charge on any atom is 0.303 e. The predicted octanol–water partition coefficient (Wildman–Crippen LogP) is 2.75. The fourth-order valence-electron chi connectivity index (χ4n) is 2.84. The Bertz CT molecular complexity index is 636. The molecule has 1 heterocycles. The van der Waals surface area contributed by atoms with Crippen LogP contribution in [0.15, 0.2) is 28.8 Å². The molecule has 0 aliphatic heterocycles. The number of nitrogens with zero attached hydrogens (tertiary/aromatic N) is 2. The zero-order valence-corrected chi connectivity index (χ0v) is 11.8. The van der Waals surface area contributed by atoms with Crippen LogP contribution in [0.5, 0.6) is 0 Å². The Labute approximate surface area is 123 Å². The Morgan fingerprint density at radius 3 is 2.95 bits per heavy atom. The number of rotatable bonds is 5. The van der Waals surface area contributed by atoms with Crippen LogP contribution in [0.4, 0.5) is 0 Å². The maximum absolute atomic E-state index is 10.5. The highest BCUT2D eigenvalue weighted by atomic mass is 16.5. The molecular weight excluding hydrogens is 268 g/mol. The third kappa shape index (κ3) is 3.29. The van der Waals surface area contributed by atoms with Crippen LogP contribution in [0.1, 0.15) is 48.0 Å². The molecule has 21 heavy (non-hydrogen) atoms. The lowest BCUT2D eigenvalue weighted by molar-refractivity contribution is -0.137. The largest absolute Gasteiger partial charge is 0.481 e. The molecule has 0 saturated heterocycles. The Morgan fingerprint density at radius 1 is 1.33 bits per heavy atom. The van der Waals surface area contributed by atoms with Crippen LogP contribution in [0.3, 0.4) is 0 Å². The zero-order chi connectivity index (χ0) is 14.7. The van der Waals surface area contributed by atoms with E-state index in [2.05, 4.69) is 34.4 Å². The molecule has 1 aromatic heterocycles. The summed E-state index contributed by atoms with van der Waals surface area (Å²) in [5.74, 6) is 0.815. The molecule has 1 N–H and O–H groups in total. The van der Waals surface area contributed by atoms with Gasteiger partial charge in [-0.2, -0.15) is 4.98 Å². The molecular formula is C16H18N2O3. The van der Waals surface area contributed by atoms with Crippen LogP contribution in [0.2, 0.25) is 0 Å². The molecule has 0 saturated carbocycles. The topological polar surface area (TPSA) is 76.2 Å². The lowest BCUT2D eigenvalue weighted by atomic mass is 9.83. The quantitative estimate of drug-likeness (QED) is 0.914. The van der Waals surface area contributed by atoms with Crippen molar-refractivity contribution in [1.29, 1.82) is 0 Å². The second kappa shape index (κ2) is 6.08. The lowest BCUT2D eigenvalue weighted by Gasteiger charge is -2.21. The maximum atomic E-state index is 10.5. The third-order valence-corrected chi connectivity index (χ3v) is 3.98. The summed E-state index contributed by atoms with van der Waals surface area (Å²) < 4.78 is 5.23. The number of aromatic nitrogens is 2. The van der Waals surface area contributed by atoms with Gasteiger partial charge in [0.15, 0.2) is 5.82 Å². The third-order valence-electron chi connectivity index (χ3n) is 3.98. The van der Waals surface area contributed by atoms with Gasteiger partial charge < -0.3 is 9.63 Å². The highest BCUT2D eigenvalue weighted by Gasteiger charge is 2.24. The lowest BCUT2D eigenvalue weighted by Crippen LogP contribution is -2.13. The van der Waals surface area contributed by atoms with Gasteiger partial charge in [-0.25, -0.2) is 0 Å². The molecule has 0 fully saturated rings. The number of benzene rings is 1. The first kappa shape index (κ1) is 13.8. The first-order valence-electron chi connectivity index (χ1n) is 7.33. The number of hydrogen-bond donors (Lipinski definition) is 1. The Hall–Kier alpha value is -2.17. The van der Waals surface area contributed by atoms with Gasteiger partial charge >= 0.3 is 5.97 Å². The predicted molar refractivity (Wildman–Crippen MR) is 76.1 cm³/mol. The van der Waals surface area contributed by atoms with Gasteiger partial charge in [0, 0.05) is 18.8 Å².